The van der Waals surface area contributed by atoms with Gasteiger partial charge in [0.1, 0.15) is 5.00 Å². The fraction of sp³-hybridized carbons (Fsp3) is 0.0952. The average Bonchev–Trinajstić information content (AvgIpc) is 3.07. The molecule has 6 nitrogen and oxygen atoms in total. The van der Waals surface area contributed by atoms with Crippen LogP contribution < -0.4 is 10.6 Å². The van der Waals surface area contributed by atoms with Crippen molar-refractivity contribution in [3.05, 3.63) is 80.1 Å². The molecule has 1 heterocycles. The highest BCUT2D eigenvalue weighted by Crippen LogP contribution is 2.36. The highest BCUT2D eigenvalue weighted by Gasteiger charge is 2.27. The van der Waals surface area contributed by atoms with E-state index in [4.69, 9.17) is 27.9 Å². The van der Waals surface area contributed by atoms with Gasteiger partial charge in [0.25, 0.3) is 11.8 Å². The second-order valence-corrected chi connectivity index (χ2v) is 7.93. The highest BCUT2D eigenvalue weighted by atomic mass is 35.5. The van der Waals surface area contributed by atoms with E-state index >= 15 is 0 Å². The Balaban J connectivity index is 1.95. The monoisotopic (exact) mass is 462 g/mol. The van der Waals surface area contributed by atoms with E-state index in [1.165, 1.54) is 7.11 Å². The number of methoxy groups -OCH3 is 1. The number of hydrogen-bond acceptors (Lipinski definition) is 5. The zero-order chi connectivity index (χ0) is 21.8. The zero-order valence-electron chi connectivity index (χ0n) is 15.9. The van der Waals surface area contributed by atoms with E-state index in [0.29, 0.717) is 21.8 Å². The Morgan fingerprint density at radius 3 is 2.30 bits per heavy atom. The first kappa shape index (κ1) is 21.8. The van der Waals surface area contributed by atoms with Crippen LogP contribution in [0, 0.1) is 6.92 Å². The molecule has 1 aromatic heterocycles. The summed E-state index contributed by atoms with van der Waals surface area (Å²) in [4.78, 5) is 38.0. The van der Waals surface area contributed by atoms with Gasteiger partial charge in [0.2, 0.25) is 0 Å². The number of hydrogen-bond donors (Lipinski definition) is 2. The highest BCUT2D eigenvalue weighted by molar-refractivity contribution is 7.19. The molecule has 3 rings (SSSR count). The number of rotatable bonds is 5. The number of nitrogens with one attached hydrogen (secondary N) is 2. The zero-order valence-corrected chi connectivity index (χ0v) is 18.2. The molecule has 154 valence electrons. The number of anilines is 2. The quantitative estimate of drug-likeness (QED) is 0.479. The van der Waals surface area contributed by atoms with Crippen LogP contribution in [0.4, 0.5) is 10.7 Å². The molecular formula is C21H16Cl2N2O4S. The van der Waals surface area contributed by atoms with Gasteiger partial charge in [-0.3, -0.25) is 9.59 Å². The van der Waals surface area contributed by atoms with Crippen molar-refractivity contribution in [2.75, 3.05) is 17.7 Å². The Bertz CT molecular complexity index is 1130. The van der Waals surface area contributed by atoms with Crippen molar-refractivity contribution in [1.82, 2.24) is 0 Å². The predicted octanol–water partition coefficient (Wildman–Crippen LogP) is 5.65. The molecule has 0 radical (unpaired) electrons. The number of amides is 2. The number of thiophene rings is 1. The molecule has 0 aliphatic heterocycles. The summed E-state index contributed by atoms with van der Waals surface area (Å²) in [5.41, 5.74) is 1.24. The van der Waals surface area contributed by atoms with Crippen LogP contribution in [0.25, 0.3) is 0 Å². The van der Waals surface area contributed by atoms with E-state index in [1.54, 1.807) is 55.5 Å². The van der Waals surface area contributed by atoms with Gasteiger partial charge in [-0.1, -0.05) is 47.5 Å². The third-order valence-corrected chi connectivity index (χ3v) is 6.23. The van der Waals surface area contributed by atoms with E-state index < -0.39 is 17.8 Å². The van der Waals surface area contributed by atoms with Crippen molar-refractivity contribution in [3.63, 3.8) is 0 Å². The first-order valence-electron chi connectivity index (χ1n) is 8.67. The number of benzene rings is 2. The molecule has 9 heteroatoms. The van der Waals surface area contributed by atoms with Crippen molar-refractivity contribution in [3.8, 4) is 0 Å². The van der Waals surface area contributed by atoms with Crippen molar-refractivity contribution < 1.29 is 19.1 Å². The van der Waals surface area contributed by atoms with Gasteiger partial charge in [-0.05, 0) is 36.8 Å². The number of carbonyl (C=O) groups excluding carboxylic acids is 3. The van der Waals surface area contributed by atoms with Crippen LogP contribution >= 0.6 is 34.5 Å². The first-order chi connectivity index (χ1) is 14.3. The fourth-order valence-electron chi connectivity index (χ4n) is 2.71. The van der Waals surface area contributed by atoms with Crippen LogP contribution in [0.3, 0.4) is 0 Å². The number of ether oxygens (including phenoxy) is 1. The molecule has 0 aliphatic carbocycles. The molecule has 0 aliphatic rings. The van der Waals surface area contributed by atoms with Crippen LogP contribution in [0.15, 0.2) is 48.5 Å². The van der Waals surface area contributed by atoms with Crippen LogP contribution in [0.2, 0.25) is 10.0 Å². The standard InChI is InChI=1S/C21H16Cl2N2O4S/c1-11-15(21(28)29-2)20(25-18(26)12-7-4-3-5-8-12)30-17(11)19(27)24-14-10-6-9-13(22)16(14)23/h3-10H,1-2H3,(H,24,27)(H,25,26). The first-order valence-corrected chi connectivity index (χ1v) is 10.2. The van der Waals surface area contributed by atoms with E-state index in [0.717, 1.165) is 11.3 Å². The fourth-order valence-corrected chi connectivity index (χ4v) is 4.14. The summed E-state index contributed by atoms with van der Waals surface area (Å²) in [7, 11) is 1.23. The summed E-state index contributed by atoms with van der Waals surface area (Å²) >= 11 is 13.1. The molecule has 2 N–H and O–H groups in total. The number of esters is 1. The molecule has 2 amide bonds. The van der Waals surface area contributed by atoms with E-state index in [2.05, 4.69) is 10.6 Å². The lowest BCUT2D eigenvalue weighted by Crippen LogP contribution is -2.14. The van der Waals surface area contributed by atoms with Crippen molar-refractivity contribution in [2.45, 2.75) is 6.92 Å². The summed E-state index contributed by atoms with van der Waals surface area (Å²) in [5, 5.41) is 6.09. The van der Waals surface area contributed by atoms with Crippen molar-refractivity contribution in [1.29, 1.82) is 0 Å². The molecule has 0 fully saturated rings. The minimum Gasteiger partial charge on any atom is -0.465 e. The lowest BCUT2D eigenvalue weighted by Gasteiger charge is -2.07. The summed E-state index contributed by atoms with van der Waals surface area (Å²) in [5.74, 6) is -1.56. The lowest BCUT2D eigenvalue weighted by molar-refractivity contribution is 0.0601. The maximum atomic E-state index is 12.9. The molecule has 0 bridgehead atoms. The molecular weight excluding hydrogens is 447 g/mol. The van der Waals surface area contributed by atoms with E-state index in [1.807, 2.05) is 0 Å². The average molecular weight is 463 g/mol. The number of carbonyl (C=O) groups is 3. The van der Waals surface area contributed by atoms with Gasteiger partial charge in [0.15, 0.2) is 0 Å². The van der Waals surface area contributed by atoms with Gasteiger partial charge in [-0.15, -0.1) is 11.3 Å². The molecule has 0 saturated heterocycles. The minimum absolute atomic E-state index is 0.120. The van der Waals surface area contributed by atoms with Crippen LogP contribution in [-0.2, 0) is 4.74 Å². The SMILES string of the molecule is COC(=O)c1c(NC(=O)c2ccccc2)sc(C(=O)Nc2cccc(Cl)c2Cl)c1C. The molecule has 0 unspecified atom stereocenters. The van der Waals surface area contributed by atoms with E-state index in [9.17, 15) is 14.4 Å². The van der Waals surface area contributed by atoms with E-state index in [-0.39, 0.29) is 20.5 Å². The third-order valence-electron chi connectivity index (χ3n) is 4.21. The summed E-state index contributed by atoms with van der Waals surface area (Å²) in [6.45, 7) is 1.61. The molecule has 30 heavy (non-hydrogen) atoms. The summed E-state index contributed by atoms with van der Waals surface area (Å²) < 4.78 is 4.84. The third kappa shape index (κ3) is 4.48. The molecule has 0 saturated carbocycles. The second-order valence-electron chi connectivity index (χ2n) is 6.13. The molecule has 0 atom stereocenters. The van der Waals surface area contributed by atoms with Gasteiger partial charge < -0.3 is 15.4 Å². The smallest absolute Gasteiger partial charge is 0.341 e. The molecule has 3 aromatic rings. The predicted molar refractivity (Wildman–Crippen MR) is 119 cm³/mol. The lowest BCUT2D eigenvalue weighted by atomic mass is 10.1. The number of halogens is 2. The van der Waals surface area contributed by atoms with Crippen molar-refractivity contribution in [2.24, 2.45) is 0 Å². The Morgan fingerprint density at radius 2 is 1.63 bits per heavy atom. The van der Waals surface area contributed by atoms with Gasteiger partial charge >= 0.3 is 5.97 Å². The maximum absolute atomic E-state index is 12.9. The normalized spacial score (nSPS) is 10.4. The largest absolute Gasteiger partial charge is 0.465 e. The maximum Gasteiger partial charge on any atom is 0.341 e. The summed E-state index contributed by atoms with van der Waals surface area (Å²) in [6.07, 6.45) is 0. The topological polar surface area (TPSA) is 84.5 Å². The van der Waals surface area contributed by atoms with Gasteiger partial charge in [-0.2, -0.15) is 0 Å². The van der Waals surface area contributed by atoms with Gasteiger partial charge in [-0.25, -0.2) is 4.79 Å². The van der Waals surface area contributed by atoms with Gasteiger partial charge in [0, 0.05) is 5.56 Å². The Labute approximate surface area is 186 Å². The van der Waals surface area contributed by atoms with Crippen LogP contribution in [-0.4, -0.2) is 24.9 Å². The second kappa shape index (κ2) is 9.30. The van der Waals surface area contributed by atoms with Gasteiger partial charge in [0.05, 0.1) is 33.3 Å². The minimum atomic E-state index is -0.660. The van der Waals surface area contributed by atoms with Crippen molar-refractivity contribution >= 4 is 63.0 Å². The van der Waals surface area contributed by atoms with Crippen LogP contribution in [0.1, 0.15) is 36.0 Å². The summed E-state index contributed by atoms with van der Waals surface area (Å²) in [6, 6.07) is 13.4. The Morgan fingerprint density at radius 1 is 0.933 bits per heavy atom. The molecule has 0 spiro atoms. The Kier molecular flexibility index (Phi) is 6.77. The Hall–Kier alpha value is -2.87. The van der Waals surface area contributed by atoms with Crippen LogP contribution in [0.5, 0.6) is 0 Å². The molecule has 2 aromatic carbocycles.